The highest BCUT2D eigenvalue weighted by atomic mass is 16.2. The van der Waals surface area contributed by atoms with Gasteiger partial charge >= 0.3 is 6.03 Å². The number of urea groups is 1. The molecule has 0 bridgehead atoms. The molecule has 2 aromatic rings. The van der Waals surface area contributed by atoms with Crippen molar-refractivity contribution in [2.45, 2.75) is 32.2 Å². The van der Waals surface area contributed by atoms with Crippen LogP contribution in [0.25, 0.3) is 0 Å². The molecule has 4 rings (SSSR count). The van der Waals surface area contributed by atoms with E-state index in [2.05, 4.69) is 19.2 Å². The lowest BCUT2D eigenvalue weighted by molar-refractivity contribution is -0.131. The zero-order valence-corrected chi connectivity index (χ0v) is 17.1. The van der Waals surface area contributed by atoms with Crippen LogP contribution in [0.1, 0.15) is 58.5 Å². The van der Waals surface area contributed by atoms with Gasteiger partial charge in [0.05, 0.1) is 11.1 Å². The quantitative estimate of drug-likeness (QED) is 0.612. The SMILES string of the molecule is CC(C)c1ccc([C@@]2(C)NC(=O)N(CCN3C(=O)c4ccccc4C3=O)C2=O)cc1. The van der Waals surface area contributed by atoms with Crippen LogP contribution < -0.4 is 5.32 Å². The topological polar surface area (TPSA) is 86.8 Å². The maximum Gasteiger partial charge on any atom is 0.325 e. The summed E-state index contributed by atoms with van der Waals surface area (Å²) < 4.78 is 0. The molecule has 5 amide bonds. The van der Waals surface area contributed by atoms with E-state index in [0.717, 1.165) is 15.4 Å². The van der Waals surface area contributed by atoms with Crippen LogP contribution in [0.3, 0.4) is 0 Å². The minimum absolute atomic E-state index is 0.0477. The molecular formula is C23H23N3O4. The highest BCUT2D eigenvalue weighted by Gasteiger charge is 2.49. The van der Waals surface area contributed by atoms with E-state index in [1.165, 1.54) is 0 Å². The van der Waals surface area contributed by atoms with E-state index in [9.17, 15) is 19.2 Å². The lowest BCUT2D eigenvalue weighted by atomic mass is 9.90. The maximum absolute atomic E-state index is 13.1. The first-order valence-electron chi connectivity index (χ1n) is 9.94. The molecule has 1 N–H and O–H groups in total. The fourth-order valence-electron chi connectivity index (χ4n) is 3.94. The first-order chi connectivity index (χ1) is 14.2. The van der Waals surface area contributed by atoms with E-state index in [4.69, 9.17) is 0 Å². The Balaban J connectivity index is 1.50. The molecule has 0 radical (unpaired) electrons. The Morgan fingerprint density at radius 2 is 1.37 bits per heavy atom. The van der Waals surface area contributed by atoms with Crippen molar-refractivity contribution in [2.24, 2.45) is 0 Å². The first kappa shape index (κ1) is 19.8. The van der Waals surface area contributed by atoms with Crippen LogP contribution in [0.15, 0.2) is 48.5 Å². The largest absolute Gasteiger partial charge is 0.325 e. The molecule has 2 aliphatic rings. The van der Waals surface area contributed by atoms with Crippen LogP contribution in [0, 0.1) is 0 Å². The Hall–Kier alpha value is -3.48. The van der Waals surface area contributed by atoms with Gasteiger partial charge in [-0.2, -0.15) is 0 Å². The molecule has 30 heavy (non-hydrogen) atoms. The van der Waals surface area contributed by atoms with Crippen LogP contribution in [0.5, 0.6) is 0 Å². The van der Waals surface area contributed by atoms with Crippen LogP contribution in [-0.2, 0) is 10.3 Å². The van der Waals surface area contributed by atoms with Crippen molar-refractivity contribution in [1.29, 1.82) is 0 Å². The number of amides is 5. The number of benzene rings is 2. The summed E-state index contributed by atoms with van der Waals surface area (Å²) in [7, 11) is 0. The molecule has 2 aromatic carbocycles. The summed E-state index contributed by atoms with van der Waals surface area (Å²) in [5.74, 6) is -0.859. The number of rotatable bonds is 5. The van der Waals surface area contributed by atoms with Gasteiger partial charge in [-0.05, 0) is 36.1 Å². The molecule has 7 nitrogen and oxygen atoms in total. The first-order valence-corrected chi connectivity index (χ1v) is 9.94. The highest BCUT2D eigenvalue weighted by molar-refractivity contribution is 6.21. The second-order valence-electron chi connectivity index (χ2n) is 8.10. The number of hydrogen-bond acceptors (Lipinski definition) is 4. The average Bonchev–Trinajstić information content (AvgIpc) is 3.11. The Labute approximate surface area is 174 Å². The van der Waals surface area contributed by atoms with Gasteiger partial charge in [0, 0.05) is 13.1 Å². The lowest BCUT2D eigenvalue weighted by Crippen LogP contribution is -2.43. The van der Waals surface area contributed by atoms with E-state index in [0.29, 0.717) is 22.6 Å². The molecular weight excluding hydrogens is 382 g/mol. The summed E-state index contributed by atoms with van der Waals surface area (Å²) in [6.07, 6.45) is 0. The molecule has 154 valence electrons. The van der Waals surface area contributed by atoms with Crippen molar-refractivity contribution in [3.63, 3.8) is 0 Å². The molecule has 2 heterocycles. The van der Waals surface area contributed by atoms with Gasteiger partial charge < -0.3 is 5.32 Å². The van der Waals surface area contributed by atoms with E-state index in [1.807, 2.05) is 24.3 Å². The number of hydrogen-bond donors (Lipinski definition) is 1. The molecule has 1 atom stereocenters. The van der Waals surface area contributed by atoms with Crippen molar-refractivity contribution in [3.05, 3.63) is 70.8 Å². The number of fused-ring (bicyclic) bond motifs is 1. The summed E-state index contributed by atoms with van der Waals surface area (Å²) in [4.78, 5) is 52.8. The molecule has 1 saturated heterocycles. The standard InChI is InChI=1S/C23H23N3O4/c1-14(2)15-8-10-16(11-9-15)23(3)21(29)26(22(30)24-23)13-12-25-19(27)17-6-4-5-7-18(17)20(25)28/h4-11,14H,12-13H2,1-3H3,(H,24,30)/t23-/m1/s1. The lowest BCUT2D eigenvalue weighted by Gasteiger charge is -2.23. The third-order valence-electron chi connectivity index (χ3n) is 5.86. The monoisotopic (exact) mass is 405 g/mol. The van der Waals surface area contributed by atoms with E-state index >= 15 is 0 Å². The minimum atomic E-state index is -1.19. The van der Waals surface area contributed by atoms with E-state index in [-0.39, 0.29) is 13.1 Å². The summed E-state index contributed by atoms with van der Waals surface area (Å²) in [6.45, 7) is 5.73. The summed E-state index contributed by atoms with van der Waals surface area (Å²) in [5, 5.41) is 2.76. The molecule has 0 unspecified atom stereocenters. The third kappa shape index (κ3) is 2.98. The van der Waals surface area contributed by atoms with E-state index in [1.54, 1.807) is 31.2 Å². The second kappa shape index (κ2) is 7.09. The number of nitrogens with zero attached hydrogens (tertiary/aromatic N) is 2. The Bertz CT molecular complexity index is 1030. The Kier molecular flexibility index (Phi) is 4.68. The molecule has 1 fully saturated rings. The Morgan fingerprint density at radius 1 is 0.833 bits per heavy atom. The minimum Gasteiger partial charge on any atom is -0.319 e. The molecule has 2 aliphatic heterocycles. The van der Waals surface area contributed by atoms with Gasteiger partial charge in [0.15, 0.2) is 0 Å². The third-order valence-corrected chi connectivity index (χ3v) is 5.86. The number of carbonyl (C=O) groups excluding carboxylic acids is 4. The summed E-state index contributed by atoms with van der Waals surface area (Å²) in [6, 6.07) is 13.7. The Morgan fingerprint density at radius 3 is 1.90 bits per heavy atom. The van der Waals surface area contributed by atoms with Crippen LogP contribution in [-0.4, -0.2) is 46.6 Å². The van der Waals surface area contributed by atoms with Crippen LogP contribution >= 0.6 is 0 Å². The van der Waals surface area contributed by atoms with Crippen molar-refractivity contribution in [2.75, 3.05) is 13.1 Å². The van der Waals surface area contributed by atoms with Gasteiger partial charge in [-0.1, -0.05) is 50.2 Å². The molecule has 7 heteroatoms. The molecule has 0 spiro atoms. The molecule has 0 aromatic heterocycles. The predicted molar refractivity (Wildman–Crippen MR) is 110 cm³/mol. The van der Waals surface area contributed by atoms with Crippen LogP contribution in [0.4, 0.5) is 4.79 Å². The zero-order chi connectivity index (χ0) is 21.6. The number of nitrogens with one attached hydrogen (secondary N) is 1. The zero-order valence-electron chi connectivity index (χ0n) is 17.1. The smallest absolute Gasteiger partial charge is 0.319 e. The molecule has 0 aliphatic carbocycles. The van der Waals surface area contributed by atoms with Gasteiger partial charge in [-0.15, -0.1) is 0 Å². The average molecular weight is 405 g/mol. The van der Waals surface area contributed by atoms with Gasteiger partial charge in [0.1, 0.15) is 5.54 Å². The second-order valence-corrected chi connectivity index (χ2v) is 8.10. The number of imide groups is 2. The van der Waals surface area contributed by atoms with Crippen molar-refractivity contribution in [3.8, 4) is 0 Å². The fourth-order valence-corrected chi connectivity index (χ4v) is 3.94. The van der Waals surface area contributed by atoms with Gasteiger partial charge in [0.2, 0.25) is 0 Å². The van der Waals surface area contributed by atoms with Crippen molar-refractivity contribution in [1.82, 2.24) is 15.1 Å². The van der Waals surface area contributed by atoms with Crippen LogP contribution in [0.2, 0.25) is 0 Å². The maximum atomic E-state index is 13.1. The highest BCUT2D eigenvalue weighted by Crippen LogP contribution is 2.30. The summed E-state index contributed by atoms with van der Waals surface area (Å²) >= 11 is 0. The van der Waals surface area contributed by atoms with E-state index < -0.39 is 29.3 Å². The summed E-state index contributed by atoms with van der Waals surface area (Å²) in [5.41, 5.74) is 1.33. The normalized spacial score (nSPS) is 20.9. The van der Waals surface area contributed by atoms with Gasteiger partial charge in [-0.25, -0.2) is 4.79 Å². The van der Waals surface area contributed by atoms with Gasteiger partial charge in [0.25, 0.3) is 17.7 Å². The van der Waals surface area contributed by atoms with Crippen molar-refractivity contribution < 1.29 is 19.2 Å². The molecule has 0 saturated carbocycles. The predicted octanol–water partition coefficient (Wildman–Crippen LogP) is 2.87. The van der Waals surface area contributed by atoms with Crippen molar-refractivity contribution >= 4 is 23.8 Å². The number of carbonyl (C=O) groups is 4. The fraction of sp³-hybridized carbons (Fsp3) is 0.304. The van der Waals surface area contributed by atoms with Gasteiger partial charge in [-0.3, -0.25) is 24.2 Å².